The molecule has 21 heavy (non-hydrogen) atoms. The maximum absolute atomic E-state index is 12.0. The van der Waals surface area contributed by atoms with Crippen LogP contribution in [0.15, 0.2) is 23.5 Å². The van der Waals surface area contributed by atoms with Gasteiger partial charge in [0, 0.05) is 30.7 Å². The molecule has 0 aliphatic heterocycles. The van der Waals surface area contributed by atoms with Gasteiger partial charge >= 0.3 is 0 Å². The first kappa shape index (κ1) is 15.4. The van der Waals surface area contributed by atoms with Crippen LogP contribution in [0.5, 0.6) is 0 Å². The molecule has 1 atom stereocenters. The molecule has 114 valence electrons. The minimum atomic E-state index is -0.0431. The predicted molar refractivity (Wildman–Crippen MR) is 82.2 cm³/mol. The van der Waals surface area contributed by atoms with Gasteiger partial charge in [0.1, 0.15) is 5.82 Å². The number of imidazole rings is 1. The summed E-state index contributed by atoms with van der Waals surface area (Å²) in [4.78, 5) is 23.1. The Bertz CT molecular complexity index is 617. The Balaban J connectivity index is 1.79. The number of aromatic amines is 1. The largest absolute Gasteiger partial charge is 0.337 e. The van der Waals surface area contributed by atoms with Gasteiger partial charge in [0.2, 0.25) is 0 Å². The SMILES string of the molecule is Cc1nc(C)c(C(C)NCCCCn2ccnc2)c(=O)[nH]1. The summed E-state index contributed by atoms with van der Waals surface area (Å²) in [5.74, 6) is 0.661. The van der Waals surface area contributed by atoms with E-state index in [1.165, 1.54) is 0 Å². The highest BCUT2D eigenvalue weighted by molar-refractivity contribution is 5.19. The Morgan fingerprint density at radius 1 is 1.38 bits per heavy atom. The van der Waals surface area contributed by atoms with Crippen molar-refractivity contribution in [2.75, 3.05) is 6.54 Å². The number of H-pyrrole nitrogens is 1. The first-order chi connectivity index (χ1) is 10.1. The van der Waals surface area contributed by atoms with Crippen molar-refractivity contribution in [3.8, 4) is 0 Å². The molecule has 0 aliphatic carbocycles. The number of unbranched alkanes of at least 4 members (excludes halogenated alkanes) is 1. The van der Waals surface area contributed by atoms with Gasteiger partial charge in [-0.3, -0.25) is 4.79 Å². The molecule has 0 bridgehead atoms. The number of nitrogens with one attached hydrogen (secondary N) is 2. The maximum atomic E-state index is 12.0. The molecule has 2 rings (SSSR count). The second-order valence-electron chi connectivity index (χ2n) is 5.33. The van der Waals surface area contributed by atoms with E-state index in [-0.39, 0.29) is 11.6 Å². The molecule has 0 radical (unpaired) electrons. The Labute approximate surface area is 124 Å². The fraction of sp³-hybridized carbons (Fsp3) is 0.533. The summed E-state index contributed by atoms with van der Waals surface area (Å²) in [5.41, 5.74) is 1.49. The number of nitrogens with zero attached hydrogens (tertiary/aromatic N) is 3. The number of aryl methyl sites for hydroxylation is 3. The molecule has 2 N–H and O–H groups in total. The van der Waals surface area contributed by atoms with E-state index < -0.39 is 0 Å². The fourth-order valence-electron chi connectivity index (χ4n) is 2.50. The lowest BCUT2D eigenvalue weighted by molar-refractivity contribution is 0.517. The van der Waals surface area contributed by atoms with Gasteiger partial charge in [0.05, 0.1) is 11.9 Å². The van der Waals surface area contributed by atoms with E-state index in [1.54, 1.807) is 13.1 Å². The molecule has 0 spiro atoms. The van der Waals surface area contributed by atoms with E-state index in [2.05, 4.69) is 24.8 Å². The van der Waals surface area contributed by atoms with Crippen molar-refractivity contribution in [1.82, 2.24) is 24.8 Å². The molecule has 2 aromatic rings. The molecule has 0 amide bonds. The van der Waals surface area contributed by atoms with Gasteiger partial charge in [0.15, 0.2) is 0 Å². The van der Waals surface area contributed by atoms with Gasteiger partial charge in [0.25, 0.3) is 5.56 Å². The normalized spacial score (nSPS) is 12.5. The van der Waals surface area contributed by atoms with Crippen LogP contribution >= 0.6 is 0 Å². The molecule has 2 heterocycles. The molecule has 0 fully saturated rings. The van der Waals surface area contributed by atoms with Crippen molar-refractivity contribution in [2.24, 2.45) is 0 Å². The molecule has 6 heteroatoms. The van der Waals surface area contributed by atoms with Crippen LogP contribution in [0.25, 0.3) is 0 Å². The fourth-order valence-corrected chi connectivity index (χ4v) is 2.50. The average molecular weight is 289 g/mol. The zero-order valence-corrected chi connectivity index (χ0v) is 12.9. The molecule has 0 saturated carbocycles. The monoisotopic (exact) mass is 289 g/mol. The molecular weight excluding hydrogens is 266 g/mol. The zero-order chi connectivity index (χ0) is 15.2. The smallest absolute Gasteiger partial charge is 0.255 e. The van der Waals surface area contributed by atoms with Crippen molar-refractivity contribution in [2.45, 2.75) is 46.2 Å². The maximum Gasteiger partial charge on any atom is 0.255 e. The Kier molecular flexibility index (Phi) is 5.27. The molecule has 0 aliphatic rings. The molecule has 1 unspecified atom stereocenters. The summed E-state index contributed by atoms with van der Waals surface area (Å²) >= 11 is 0. The van der Waals surface area contributed by atoms with E-state index in [0.29, 0.717) is 5.82 Å². The molecule has 0 aromatic carbocycles. The standard InChI is InChI=1S/C15H23N5O/c1-11(14-12(2)18-13(3)19-15(14)21)17-6-4-5-8-20-9-7-16-10-20/h7,9-11,17H,4-6,8H2,1-3H3,(H,18,19,21). The third kappa shape index (κ3) is 4.26. The quantitative estimate of drug-likeness (QED) is 0.761. The Morgan fingerprint density at radius 2 is 2.19 bits per heavy atom. The van der Waals surface area contributed by atoms with Crippen molar-refractivity contribution in [1.29, 1.82) is 0 Å². The van der Waals surface area contributed by atoms with Crippen molar-refractivity contribution in [3.63, 3.8) is 0 Å². The number of hydrogen-bond donors (Lipinski definition) is 2. The van der Waals surface area contributed by atoms with Crippen LogP contribution < -0.4 is 10.9 Å². The van der Waals surface area contributed by atoms with Gasteiger partial charge < -0.3 is 14.9 Å². The summed E-state index contributed by atoms with van der Waals surface area (Å²) in [5, 5.41) is 3.40. The highest BCUT2D eigenvalue weighted by Gasteiger charge is 2.13. The van der Waals surface area contributed by atoms with E-state index in [9.17, 15) is 4.79 Å². The molecule has 6 nitrogen and oxygen atoms in total. The van der Waals surface area contributed by atoms with Crippen molar-refractivity contribution in [3.05, 3.63) is 46.2 Å². The first-order valence-corrected chi connectivity index (χ1v) is 7.34. The molecular formula is C15H23N5O. The van der Waals surface area contributed by atoms with E-state index in [0.717, 1.165) is 37.2 Å². The van der Waals surface area contributed by atoms with Crippen LogP contribution in [-0.4, -0.2) is 26.1 Å². The Hall–Kier alpha value is -1.95. The second kappa shape index (κ2) is 7.17. The summed E-state index contributed by atoms with van der Waals surface area (Å²) < 4.78 is 2.07. The summed E-state index contributed by atoms with van der Waals surface area (Å²) in [7, 11) is 0. The average Bonchev–Trinajstić information content (AvgIpc) is 2.90. The highest BCUT2D eigenvalue weighted by atomic mass is 16.1. The lowest BCUT2D eigenvalue weighted by atomic mass is 10.1. The van der Waals surface area contributed by atoms with Crippen molar-refractivity contribution >= 4 is 0 Å². The van der Waals surface area contributed by atoms with Crippen LogP contribution in [-0.2, 0) is 6.54 Å². The van der Waals surface area contributed by atoms with Gasteiger partial charge in [-0.05, 0) is 40.2 Å². The van der Waals surface area contributed by atoms with Crippen LogP contribution in [0, 0.1) is 13.8 Å². The zero-order valence-electron chi connectivity index (χ0n) is 12.9. The van der Waals surface area contributed by atoms with Gasteiger partial charge in [-0.15, -0.1) is 0 Å². The Morgan fingerprint density at radius 3 is 2.86 bits per heavy atom. The van der Waals surface area contributed by atoms with E-state index in [4.69, 9.17) is 0 Å². The minimum absolute atomic E-state index is 0.00935. The number of hydrogen-bond acceptors (Lipinski definition) is 4. The van der Waals surface area contributed by atoms with Gasteiger partial charge in [-0.1, -0.05) is 0 Å². The number of aromatic nitrogens is 4. The van der Waals surface area contributed by atoms with Gasteiger partial charge in [-0.25, -0.2) is 9.97 Å². The van der Waals surface area contributed by atoms with E-state index in [1.807, 2.05) is 26.4 Å². The summed E-state index contributed by atoms with van der Waals surface area (Å²) in [6, 6.07) is 0.00935. The van der Waals surface area contributed by atoms with Crippen LogP contribution in [0.2, 0.25) is 0 Å². The topological polar surface area (TPSA) is 75.6 Å². The predicted octanol–water partition coefficient (Wildman–Crippen LogP) is 1.71. The molecule has 2 aromatic heterocycles. The van der Waals surface area contributed by atoms with Crippen LogP contribution in [0.4, 0.5) is 0 Å². The number of rotatable bonds is 7. The molecule has 0 saturated heterocycles. The minimum Gasteiger partial charge on any atom is -0.337 e. The van der Waals surface area contributed by atoms with Crippen LogP contribution in [0.1, 0.15) is 42.9 Å². The third-order valence-corrected chi connectivity index (χ3v) is 3.55. The van der Waals surface area contributed by atoms with Crippen molar-refractivity contribution < 1.29 is 0 Å². The summed E-state index contributed by atoms with van der Waals surface area (Å²) in [6.07, 6.45) is 7.73. The highest BCUT2D eigenvalue weighted by Crippen LogP contribution is 2.10. The third-order valence-electron chi connectivity index (χ3n) is 3.55. The first-order valence-electron chi connectivity index (χ1n) is 7.34. The lowest BCUT2D eigenvalue weighted by Crippen LogP contribution is -2.28. The second-order valence-corrected chi connectivity index (χ2v) is 5.33. The van der Waals surface area contributed by atoms with Gasteiger partial charge in [-0.2, -0.15) is 0 Å². The van der Waals surface area contributed by atoms with E-state index >= 15 is 0 Å². The summed E-state index contributed by atoms with van der Waals surface area (Å²) in [6.45, 7) is 7.54. The van der Waals surface area contributed by atoms with Crippen LogP contribution in [0.3, 0.4) is 0 Å². The lowest BCUT2D eigenvalue weighted by Gasteiger charge is -2.15.